The van der Waals surface area contributed by atoms with E-state index in [2.05, 4.69) is 19.1 Å². The minimum Gasteiger partial charge on any atom is -0.485 e. The van der Waals surface area contributed by atoms with E-state index in [4.69, 9.17) is 9.47 Å². The molecule has 18 heavy (non-hydrogen) atoms. The van der Waals surface area contributed by atoms with E-state index in [1.807, 2.05) is 13.8 Å². The number of hydrogen-bond acceptors (Lipinski definition) is 3. The third-order valence-corrected chi connectivity index (χ3v) is 3.35. The molecule has 3 heteroatoms. The third-order valence-electron chi connectivity index (χ3n) is 3.35. The van der Waals surface area contributed by atoms with Gasteiger partial charge >= 0.3 is 0 Å². The highest BCUT2D eigenvalue weighted by molar-refractivity contribution is 5.82. The summed E-state index contributed by atoms with van der Waals surface area (Å²) in [5.74, 6) is 1.01. The fourth-order valence-corrected chi connectivity index (χ4v) is 2.44. The topological polar surface area (TPSA) is 35.5 Å². The van der Waals surface area contributed by atoms with E-state index >= 15 is 0 Å². The molecule has 1 aliphatic heterocycles. The van der Waals surface area contributed by atoms with E-state index < -0.39 is 0 Å². The van der Waals surface area contributed by atoms with Crippen molar-refractivity contribution in [3.05, 3.63) is 28.8 Å². The van der Waals surface area contributed by atoms with E-state index in [0.29, 0.717) is 13.2 Å². The van der Waals surface area contributed by atoms with E-state index in [1.54, 1.807) is 0 Å². The van der Waals surface area contributed by atoms with Crippen LogP contribution in [-0.2, 0) is 9.53 Å². The Balaban J connectivity index is 1.99. The molecule has 1 aromatic rings. The molecule has 0 N–H and O–H groups in total. The minimum atomic E-state index is 0.0241. The first kappa shape index (κ1) is 13.1. The molecule has 98 valence electrons. The SMILES string of the molecule is Cc1cc(C)c(OCC(=O)C2CCOC2)c(C)c1. The van der Waals surface area contributed by atoms with Crippen LogP contribution in [0.1, 0.15) is 23.1 Å². The summed E-state index contributed by atoms with van der Waals surface area (Å²) in [5, 5.41) is 0. The highest BCUT2D eigenvalue weighted by Gasteiger charge is 2.23. The second kappa shape index (κ2) is 5.53. The van der Waals surface area contributed by atoms with Gasteiger partial charge in [-0.1, -0.05) is 17.7 Å². The fourth-order valence-electron chi connectivity index (χ4n) is 2.44. The second-order valence-corrected chi connectivity index (χ2v) is 5.04. The lowest BCUT2D eigenvalue weighted by Crippen LogP contribution is -2.22. The van der Waals surface area contributed by atoms with Gasteiger partial charge < -0.3 is 9.47 Å². The van der Waals surface area contributed by atoms with Crippen molar-refractivity contribution in [2.75, 3.05) is 19.8 Å². The highest BCUT2D eigenvalue weighted by atomic mass is 16.5. The third kappa shape index (κ3) is 2.91. The van der Waals surface area contributed by atoms with Gasteiger partial charge in [0.15, 0.2) is 5.78 Å². The zero-order chi connectivity index (χ0) is 13.1. The molecule has 0 amide bonds. The Kier molecular flexibility index (Phi) is 4.02. The van der Waals surface area contributed by atoms with Gasteiger partial charge in [0.1, 0.15) is 12.4 Å². The van der Waals surface area contributed by atoms with Crippen LogP contribution in [-0.4, -0.2) is 25.6 Å². The summed E-state index contributed by atoms with van der Waals surface area (Å²) in [5.41, 5.74) is 3.39. The van der Waals surface area contributed by atoms with Crippen LogP contribution in [0.25, 0.3) is 0 Å². The van der Waals surface area contributed by atoms with Crippen molar-refractivity contribution in [3.8, 4) is 5.75 Å². The lowest BCUT2D eigenvalue weighted by molar-refractivity contribution is -0.124. The van der Waals surface area contributed by atoms with Crippen molar-refractivity contribution >= 4 is 5.78 Å². The number of carbonyl (C=O) groups is 1. The molecule has 0 bridgehead atoms. The molecule has 0 aliphatic carbocycles. The lowest BCUT2D eigenvalue weighted by atomic mass is 10.0. The number of aryl methyl sites for hydroxylation is 3. The standard InChI is InChI=1S/C15H20O3/c1-10-6-11(2)15(12(3)7-10)18-9-14(16)13-4-5-17-8-13/h6-7,13H,4-5,8-9H2,1-3H3. The molecule has 0 aromatic heterocycles. The number of rotatable bonds is 4. The highest BCUT2D eigenvalue weighted by Crippen LogP contribution is 2.25. The van der Waals surface area contributed by atoms with Crippen LogP contribution in [0.3, 0.4) is 0 Å². The monoisotopic (exact) mass is 248 g/mol. The summed E-state index contributed by atoms with van der Waals surface area (Å²) in [6, 6.07) is 4.15. The predicted octanol–water partition coefficient (Wildman–Crippen LogP) is 2.60. The molecule has 3 nitrogen and oxygen atoms in total. The predicted molar refractivity (Wildman–Crippen MR) is 70.1 cm³/mol. The lowest BCUT2D eigenvalue weighted by Gasteiger charge is -2.14. The van der Waals surface area contributed by atoms with E-state index in [9.17, 15) is 4.79 Å². The average molecular weight is 248 g/mol. The Hall–Kier alpha value is -1.35. The molecular formula is C15H20O3. The molecule has 1 fully saturated rings. The van der Waals surface area contributed by atoms with Gasteiger partial charge in [-0.05, 0) is 38.3 Å². The summed E-state index contributed by atoms with van der Waals surface area (Å²) in [6.07, 6.45) is 0.827. The van der Waals surface area contributed by atoms with Crippen molar-refractivity contribution in [2.45, 2.75) is 27.2 Å². The number of carbonyl (C=O) groups excluding carboxylic acids is 1. The molecule has 1 heterocycles. The molecule has 1 aromatic carbocycles. The van der Waals surface area contributed by atoms with Gasteiger partial charge in [0.2, 0.25) is 0 Å². The summed E-state index contributed by atoms with van der Waals surface area (Å²) in [6.45, 7) is 7.48. The largest absolute Gasteiger partial charge is 0.485 e. The molecule has 1 aliphatic rings. The molecule has 2 rings (SSSR count). The number of ether oxygens (including phenoxy) is 2. The summed E-state index contributed by atoms with van der Waals surface area (Å²) in [4.78, 5) is 11.9. The average Bonchev–Trinajstić information content (AvgIpc) is 2.80. The normalized spacial score (nSPS) is 18.9. The van der Waals surface area contributed by atoms with Crippen LogP contribution < -0.4 is 4.74 Å². The Labute approximate surface area is 108 Å². The Morgan fingerprint density at radius 1 is 1.33 bits per heavy atom. The van der Waals surface area contributed by atoms with Gasteiger partial charge in [-0.2, -0.15) is 0 Å². The van der Waals surface area contributed by atoms with Crippen LogP contribution in [0.4, 0.5) is 0 Å². The van der Waals surface area contributed by atoms with Crippen LogP contribution in [0.5, 0.6) is 5.75 Å². The summed E-state index contributed by atoms with van der Waals surface area (Å²) in [7, 11) is 0. The van der Waals surface area contributed by atoms with Crippen molar-refractivity contribution in [1.29, 1.82) is 0 Å². The number of benzene rings is 1. The van der Waals surface area contributed by atoms with Gasteiger partial charge in [0.25, 0.3) is 0 Å². The first-order chi connectivity index (χ1) is 8.58. The molecule has 1 saturated heterocycles. The first-order valence-corrected chi connectivity index (χ1v) is 6.39. The van der Waals surface area contributed by atoms with Crippen LogP contribution >= 0.6 is 0 Å². The Morgan fingerprint density at radius 3 is 2.56 bits per heavy atom. The molecule has 0 radical (unpaired) electrons. The van der Waals surface area contributed by atoms with E-state index in [1.165, 1.54) is 5.56 Å². The van der Waals surface area contributed by atoms with Gasteiger partial charge in [0, 0.05) is 12.5 Å². The summed E-state index contributed by atoms with van der Waals surface area (Å²) >= 11 is 0. The molecule has 1 atom stereocenters. The van der Waals surface area contributed by atoms with Crippen molar-refractivity contribution in [2.24, 2.45) is 5.92 Å². The number of Topliss-reactive ketones (excluding diaryl/α,β-unsaturated/α-hetero) is 1. The first-order valence-electron chi connectivity index (χ1n) is 6.39. The van der Waals surface area contributed by atoms with Gasteiger partial charge in [-0.15, -0.1) is 0 Å². The van der Waals surface area contributed by atoms with Gasteiger partial charge in [0.05, 0.1) is 6.61 Å². The van der Waals surface area contributed by atoms with Crippen LogP contribution in [0.2, 0.25) is 0 Å². The van der Waals surface area contributed by atoms with Gasteiger partial charge in [-0.3, -0.25) is 4.79 Å². The van der Waals surface area contributed by atoms with Gasteiger partial charge in [-0.25, -0.2) is 0 Å². The maximum atomic E-state index is 11.9. The number of hydrogen-bond donors (Lipinski definition) is 0. The maximum absolute atomic E-state index is 11.9. The Bertz CT molecular complexity index is 422. The maximum Gasteiger partial charge on any atom is 0.175 e. The van der Waals surface area contributed by atoms with Crippen molar-refractivity contribution in [3.63, 3.8) is 0 Å². The van der Waals surface area contributed by atoms with E-state index in [-0.39, 0.29) is 18.3 Å². The molecule has 0 saturated carbocycles. The zero-order valence-corrected chi connectivity index (χ0v) is 11.3. The number of ketones is 1. The smallest absolute Gasteiger partial charge is 0.175 e. The zero-order valence-electron chi connectivity index (χ0n) is 11.3. The molecular weight excluding hydrogens is 228 g/mol. The van der Waals surface area contributed by atoms with E-state index in [0.717, 1.165) is 23.3 Å². The fraction of sp³-hybridized carbons (Fsp3) is 0.533. The quantitative estimate of drug-likeness (QED) is 0.821. The Morgan fingerprint density at radius 2 is 2.00 bits per heavy atom. The van der Waals surface area contributed by atoms with Crippen LogP contribution in [0, 0.1) is 26.7 Å². The van der Waals surface area contributed by atoms with Crippen molar-refractivity contribution in [1.82, 2.24) is 0 Å². The summed E-state index contributed by atoms with van der Waals surface area (Å²) < 4.78 is 10.9. The minimum absolute atomic E-state index is 0.0241. The molecule has 1 unspecified atom stereocenters. The molecule has 0 spiro atoms. The second-order valence-electron chi connectivity index (χ2n) is 5.04. The van der Waals surface area contributed by atoms with Crippen LogP contribution in [0.15, 0.2) is 12.1 Å². The van der Waals surface area contributed by atoms with Crippen molar-refractivity contribution < 1.29 is 14.3 Å².